The number of benzene rings is 1. The van der Waals surface area contributed by atoms with Crippen LogP contribution in [0, 0.1) is 17.3 Å². The molecule has 1 atom stereocenters. The molecule has 1 saturated heterocycles. The van der Waals surface area contributed by atoms with Gasteiger partial charge in [0.2, 0.25) is 5.91 Å². The lowest BCUT2D eigenvalue weighted by Crippen LogP contribution is -2.66. The Labute approximate surface area is 160 Å². The van der Waals surface area contributed by atoms with E-state index in [9.17, 15) is 9.90 Å². The average Bonchev–Trinajstić information content (AvgIpc) is 2.90. The highest BCUT2D eigenvalue weighted by Gasteiger charge is 2.56. The molecule has 5 nitrogen and oxygen atoms in total. The Kier molecular flexibility index (Phi) is 3.55. The van der Waals surface area contributed by atoms with Crippen LogP contribution in [0.5, 0.6) is 0 Å². The van der Waals surface area contributed by atoms with Crippen LogP contribution in [0.1, 0.15) is 51.0 Å². The molecule has 5 rings (SSSR count). The van der Waals surface area contributed by atoms with E-state index in [2.05, 4.69) is 30.2 Å². The summed E-state index contributed by atoms with van der Waals surface area (Å²) in [5.41, 5.74) is 2.35. The summed E-state index contributed by atoms with van der Waals surface area (Å²) in [6.45, 7) is 6.02. The summed E-state index contributed by atoms with van der Waals surface area (Å²) >= 11 is 0. The number of carbonyl (C=O) groups excluding carboxylic acids is 1. The van der Waals surface area contributed by atoms with Crippen molar-refractivity contribution in [2.75, 3.05) is 13.1 Å². The van der Waals surface area contributed by atoms with Crippen molar-refractivity contribution in [3.8, 4) is 0 Å². The highest BCUT2D eigenvalue weighted by Crippen LogP contribution is 2.57. The molecule has 2 heterocycles. The van der Waals surface area contributed by atoms with E-state index in [1.807, 2.05) is 29.7 Å². The van der Waals surface area contributed by atoms with Crippen molar-refractivity contribution in [2.24, 2.45) is 24.3 Å². The van der Waals surface area contributed by atoms with E-state index in [0.29, 0.717) is 30.1 Å². The molecule has 2 saturated carbocycles. The van der Waals surface area contributed by atoms with Crippen LogP contribution in [0.4, 0.5) is 0 Å². The fourth-order valence-corrected chi connectivity index (χ4v) is 5.73. The van der Waals surface area contributed by atoms with Crippen molar-refractivity contribution in [3.05, 3.63) is 30.0 Å². The highest BCUT2D eigenvalue weighted by molar-refractivity contribution is 5.81. The van der Waals surface area contributed by atoms with Gasteiger partial charge in [0, 0.05) is 36.9 Å². The molecule has 1 aromatic heterocycles. The third-order valence-corrected chi connectivity index (χ3v) is 7.48. The third-order valence-electron chi connectivity index (χ3n) is 7.48. The van der Waals surface area contributed by atoms with Gasteiger partial charge >= 0.3 is 0 Å². The summed E-state index contributed by atoms with van der Waals surface area (Å²) in [6.07, 6.45) is 5.63. The Morgan fingerprint density at radius 1 is 1.26 bits per heavy atom. The first kappa shape index (κ1) is 17.2. The maximum Gasteiger partial charge on any atom is 0.225 e. The number of aromatic nitrogens is 2. The van der Waals surface area contributed by atoms with Gasteiger partial charge in [-0.1, -0.05) is 19.1 Å². The van der Waals surface area contributed by atoms with E-state index in [1.165, 1.54) is 29.3 Å². The zero-order valence-electron chi connectivity index (χ0n) is 16.5. The van der Waals surface area contributed by atoms with Crippen molar-refractivity contribution in [3.63, 3.8) is 0 Å². The van der Waals surface area contributed by atoms with Gasteiger partial charge in [0.15, 0.2) is 0 Å². The van der Waals surface area contributed by atoms with Crippen molar-refractivity contribution >= 4 is 16.8 Å². The Morgan fingerprint density at radius 3 is 2.63 bits per heavy atom. The fourth-order valence-electron chi connectivity index (χ4n) is 5.73. The monoisotopic (exact) mass is 367 g/mol. The van der Waals surface area contributed by atoms with Crippen LogP contribution in [0.15, 0.2) is 24.4 Å². The molecule has 2 aromatic rings. The second-order valence-electron chi connectivity index (χ2n) is 9.84. The number of fused-ring (bicyclic) bond motifs is 1. The minimum Gasteiger partial charge on any atom is -0.390 e. The molecule has 0 bridgehead atoms. The molecule has 5 heteroatoms. The zero-order chi connectivity index (χ0) is 19.0. The van der Waals surface area contributed by atoms with Crippen molar-refractivity contribution in [1.82, 2.24) is 14.7 Å². The molecule has 1 aliphatic heterocycles. The molecule has 1 spiro atoms. The van der Waals surface area contributed by atoms with Gasteiger partial charge in [-0.2, -0.15) is 5.10 Å². The van der Waals surface area contributed by atoms with Crippen LogP contribution in [0.2, 0.25) is 0 Å². The Balaban J connectivity index is 1.17. The summed E-state index contributed by atoms with van der Waals surface area (Å²) in [5, 5.41) is 15.4. The SMILES string of the molecule is C[C@H](c1ccc2cnn(C)c2c1)C1CC2(C1)CN(C(=O)[C@H]1C[C@@](C)(O)C1)C2. The summed E-state index contributed by atoms with van der Waals surface area (Å²) < 4.78 is 1.95. The molecule has 3 fully saturated rings. The van der Waals surface area contributed by atoms with Crippen molar-refractivity contribution in [2.45, 2.75) is 51.0 Å². The van der Waals surface area contributed by atoms with Gasteiger partial charge in [-0.15, -0.1) is 0 Å². The molecule has 1 amide bonds. The molecule has 0 unspecified atom stereocenters. The van der Waals surface area contributed by atoms with Gasteiger partial charge in [0.05, 0.1) is 17.3 Å². The van der Waals surface area contributed by atoms with Gasteiger partial charge in [0.1, 0.15) is 0 Å². The standard InChI is InChI=1S/C22H29N3O2/c1-14(15-4-5-16-11-23-24(3)19(16)6-15)17-9-22(10-17)12-25(13-22)20(26)18-7-21(2,27)8-18/h4-6,11,14,17-18,27H,7-10,12-13H2,1-3H3/t14-,18-,21+/m1/s1. The van der Waals surface area contributed by atoms with Gasteiger partial charge in [-0.05, 0) is 56.1 Å². The first-order valence-electron chi connectivity index (χ1n) is 10.2. The summed E-state index contributed by atoms with van der Waals surface area (Å²) in [4.78, 5) is 14.5. The summed E-state index contributed by atoms with van der Waals surface area (Å²) in [7, 11) is 2.00. The number of carbonyl (C=O) groups is 1. The van der Waals surface area contributed by atoms with Crippen LogP contribution in [-0.2, 0) is 11.8 Å². The molecule has 144 valence electrons. The van der Waals surface area contributed by atoms with Crippen LogP contribution >= 0.6 is 0 Å². The normalized spacial score (nSPS) is 30.7. The number of nitrogens with zero attached hydrogens (tertiary/aromatic N) is 3. The Bertz CT molecular complexity index is 893. The molecular weight excluding hydrogens is 338 g/mol. The highest BCUT2D eigenvalue weighted by atomic mass is 16.3. The number of rotatable bonds is 3. The first-order chi connectivity index (χ1) is 12.8. The number of aliphatic hydroxyl groups is 1. The molecule has 27 heavy (non-hydrogen) atoms. The minimum atomic E-state index is -0.616. The molecule has 1 aromatic carbocycles. The molecule has 3 aliphatic rings. The Morgan fingerprint density at radius 2 is 1.96 bits per heavy atom. The van der Waals surface area contributed by atoms with Gasteiger partial charge in [-0.25, -0.2) is 0 Å². The maximum atomic E-state index is 12.5. The molecular formula is C22H29N3O2. The smallest absolute Gasteiger partial charge is 0.225 e. The minimum absolute atomic E-state index is 0.0535. The Hall–Kier alpha value is -1.88. The van der Waals surface area contributed by atoms with E-state index < -0.39 is 5.60 Å². The molecule has 1 N–H and O–H groups in total. The predicted molar refractivity (Wildman–Crippen MR) is 104 cm³/mol. The summed E-state index contributed by atoms with van der Waals surface area (Å²) in [5.74, 6) is 1.57. The lowest BCUT2D eigenvalue weighted by molar-refractivity contribution is -0.172. The number of hydrogen-bond acceptors (Lipinski definition) is 3. The zero-order valence-corrected chi connectivity index (χ0v) is 16.5. The first-order valence-corrected chi connectivity index (χ1v) is 10.2. The lowest BCUT2D eigenvalue weighted by Gasteiger charge is -2.61. The number of amides is 1. The second-order valence-corrected chi connectivity index (χ2v) is 9.84. The number of likely N-dealkylation sites (tertiary alicyclic amines) is 1. The van der Waals surface area contributed by atoms with Crippen LogP contribution in [0.3, 0.4) is 0 Å². The van der Waals surface area contributed by atoms with E-state index in [0.717, 1.165) is 13.1 Å². The van der Waals surface area contributed by atoms with Gasteiger partial charge in [-0.3, -0.25) is 9.48 Å². The van der Waals surface area contributed by atoms with E-state index in [4.69, 9.17) is 0 Å². The van der Waals surface area contributed by atoms with E-state index >= 15 is 0 Å². The second kappa shape index (κ2) is 5.57. The lowest BCUT2D eigenvalue weighted by atomic mass is 9.54. The van der Waals surface area contributed by atoms with E-state index in [1.54, 1.807) is 0 Å². The van der Waals surface area contributed by atoms with Gasteiger partial charge in [0.25, 0.3) is 0 Å². The molecule has 2 aliphatic carbocycles. The average molecular weight is 367 g/mol. The fraction of sp³-hybridized carbons (Fsp3) is 0.636. The van der Waals surface area contributed by atoms with Crippen LogP contribution < -0.4 is 0 Å². The third kappa shape index (κ3) is 2.70. The molecule has 0 radical (unpaired) electrons. The predicted octanol–water partition coefficient (Wildman–Crippen LogP) is 3.08. The van der Waals surface area contributed by atoms with Crippen LogP contribution in [0.25, 0.3) is 10.9 Å². The van der Waals surface area contributed by atoms with Gasteiger partial charge < -0.3 is 10.0 Å². The maximum absolute atomic E-state index is 12.5. The number of aryl methyl sites for hydroxylation is 1. The quantitative estimate of drug-likeness (QED) is 0.907. The van der Waals surface area contributed by atoms with Crippen molar-refractivity contribution < 1.29 is 9.90 Å². The van der Waals surface area contributed by atoms with Crippen LogP contribution in [-0.4, -0.2) is 44.4 Å². The van der Waals surface area contributed by atoms with Crippen molar-refractivity contribution in [1.29, 1.82) is 0 Å². The topological polar surface area (TPSA) is 58.4 Å². The summed E-state index contributed by atoms with van der Waals surface area (Å²) in [6, 6.07) is 6.72. The van der Waals surface area contributed by atoms with E-state index in [-0.39, 0.29) is 11.8 Å². The number of hydrogen-bond donors (Lipinski definition) is 1. The largest absolute Gasteiger partial charge is 0.390 e.